The van der Waals surface area contributed by atoms with Crippen molar-refractivity contribution in [1.82, 2.24) is 5.32 Å². The summed E-state index contributed by atoms with van der Waals surface area (Å²) in [4.78, 5) is 11.3. The van der Waals surface area contributed by atoms with Crippen LogP contribution in [0.2, 0.25) is 0 Å². The highest BCUT2D eigenvalue weighted by Crippen LogP contribution is 2.37. The Morgan fingerprint density at radius 3 is 2.16 bits per heavy atom. The molecule has 0 unspecified atom stereocenters. The fourth-order valence-corrected chi connectivity index (χ4v) is 3.66. The van der Waals surface area contributed by atoms with Gasteiger partial charge in [0.15, 0.2) is 0 Å². The molecule has 0 bridgehead atoms. The van der Waals surface area contributed by atoms with E-state index in [2.05, 4.69) is 35.7 Å². The number of nitrogens with two attached hydrogens (primary N) is 2. The summed E-state index contributed by atoms with van der Waals surface area (Å²) in [6.45, 7) is 8.39. The van der Waals surface area contributed by atoms with Crippen LogP contribution in [0.4, 0.5) is 0 Å². The van der Waals surface area contributed by atoms with Gasteiger partial charge in [0.05, 0.1) is 0 Å². The van der Waals surface area contributed by atoms with Crippen LogP contribution in [0.3, 0.4) is 0 Å². The van der Waals surface area contributed by atoms with Crippen molar-refractivity contribution >= 4 is 5.78 Å². The highest BCUT2D eigenvalue weighted by molar-refractivity contribution is 5.75. The molecule has 0 heterocycles. The van der Waals surface area contributed by atoms with Crippen LogP contribution in [-0.2, 0) is 11.2 Å². The summed E-state index contributed by atoms with van der Waals surface area (Å²) >= 11 is 0. The highest BCUT2D eigenvalue weighted by Gasteiger charge is 2.23. The predicted octanol–water partition coefficient (Wildman–Crippen LogP) is 6.12. The molecular formula is C28H45N3O. The first kappa shape index (κ1) is 29.2. The van der Waals surface area contributed by atoms with Crippen LogP contribution in [0, 0.1) is 5.92 Å². The number of nitrogens with one attached hydrogen (secondary N) is 1. The van der Waals surface area contributed by atoms with Gasteiger partial charge >= 0.3 is 0 Å². The normalized spacial score (nSPS) is 18.4. The third kappa shape index (κ3) is 14.3. The van der Waals surface area contributed by atoms with E-state index in [1.807, 2.05) is 45.2 Å². The van der Waals surface area contributed by atoms with Crippen molar-refractivity contribution in [2.75, 3.05) is 6.54 Å². The van der Waals surface area contributed by atoms with E-state index in [-0.39, 0.29) is 0 Å². The van der Waals surface area contributed by atoms with Crippen LogP contribution in [0.15, 0.2) is 73.2 Å². The van der Waals surface area contributed by atoms with Gasteiger partial charge in [0.25, 0.3) is 0 Å². The molecule has 0 atom stereocenters. The van der Waals surface area contributed by atoms with Crippen molar-refractivity contribution in [2.45, 2.75) is 72.1 Å². The third-order valence-corrected chi connectivity index (χ3v) is 5.25. The monoisotopic (exact) mass is 439 g/mol. The second-order valence-electron chi connectivity index (χ2n) is 7.72. The SMILES string of the molecule is C/C=C/N.CC.CC(=O)CC1CCC(c2ccc(C/C=C\NC/C=C\C=C/N)cc2)CC1. The van der Waals surface area contributed by atoms with E-state index in [4.69, 9.17) is 11.5 Å². The molecule has 1 aliphatic rings. The number of allylic oxidation sites excluding steroid dienone is 4. The molecule has 0 spiro atoms. The lowest BCUT2D eigenvalue weighted by atomic mass is 9.77. The quantitative estimate of drug-likeness (QED) is 0.320. The summed E-state index contributed by atoms with van der Waals surface area (Å²) < 4.78 is 0. The number of ketones is 1. The van der Waals surface area contributed by atoms with Gasteiger partial charge in [-0.25, -0.2) is 0 Å². The van der Waals surface area contributed by atoms with Crippen molar-refractivity contribution in [3.05, 3.63) is 84.4 Å². The second-order valence-corrected chi connectivity index (χ2v) is 7.72. The van der Waals surface area contributed by atoms with Gasteiger partial charge in [-0.05, 0) is 93.6 Å². The van der Waals surface area contributed by atoms with E-state index in [1.54, 1.807) is 13.0 Å². The molecule has 0 saturated heterocycles. The van der Waals surface area contributed by atoms with E-state index in [1.165, 1.54) is 49.2 Å². The molecule has 4 nitrogen and oxygen atoms in total. The largest absolute Gasteiger partial charge is 0.405 e. The minimum atomic E-state index is 0.337. The molecule has 0 radical (unpaired) electrons. The van der Waals surface area contributed by atoms with Gasteiger partial charge < -0.3 is 21.6 Å². The van der Waals surface area contributed by atoms with Crippen molar-refractivity contribution in [3.8, 4) is 0 Å². The Labute approximate surface area is 196 Å². The molecule has 1 aromatic carbocycles. The van der Waals surface area contributed by atoms with Crippen LogP contribution in [0.25, 0.3) is 0 Å². The summed E-state index contributed by atoms with van der Waals surface area (Å²) in [5, 5.41) is 3.23. The van der Waals surface area contributed by atoms with Crippen molar-refractivity contribution in [2.24, 2.45) is 17.4 Å². The van der Waals surface area contributed by atoms with Crippen molar-refractivity contribution < 1.29 is 4.79 Å². The van der Waals surface area contributed by atoms with E-state index in [9.17, 15) is 4.79 Å². The molecule has 5 N–H and O–H groups in total. The molecule has 0 amide bonds. The van der Waals surface area contributed by atoms with E-state index >= 15 is 0 Å². The molecular weight excluding hydrogens is 394 g/mol. The number of benzene rings is 1. The van der Waals surface area contributed by atoms with E-state index in [0.717, 1.165) is 19.4 Å². The van der Waals surface area contributed by atoms with E-state index < -0.39 is 0 Å². The summed E-state index contributed by atoms with van der Waals surface area (Å²) in [5.74, 6) is 1.62. The Balaban J connectivity index is 0.00000144. The summed E-state index contributed by atoms with van der Waals surface area (Å²) in [7, 11) is 0. The van der Waals surface area contributed by atoms with Crippen LogP contribution in [0.1, 0.15) is 76.8 Å². The molecule has 0 aromatic heterocycles. The molecule has 0 aliphatic heterocycles. The average Bonchev–Trinajstić information content (AvgIpc) is 2.83. The third-order valence-electron chi connectivity index (χ3n) is 5.25. The van der Waals surface area contributed by atoms with Gasteiger partial charge in [0.1, 0.15) is 5.78 Å². The maximum atomic E-state index is 11.3. The van der Waals surface area contributed by atoms with Gasteiger partial charge in [-0.1, -0.05) is 62.4 Å². The first-order valence-corrected chi connectivity index (χ1v) is 11.9. The van der Waals surface area contributed by atoms with Crippen LogP contribution in [-0.4, -0.2) is 12.3 Å². The maximum absolute atomic E-state index is 11.3. The van der Waals surface area contributed by atoms with Crippen LogP contribution < -0.4 is 16.8 Å². The minimum Gasteiger partial charge on any atom is -0.405 e. The highest BCUT2D eigenvalue weighted by atomic mass is 16.1. The Morgan fingerprint density at radius 2 is 1.62 bits per heavy atom. The maximum Gasteiger partial charge on any atom is 0.130 e. The standard InChI is InChI=1S/C23H32N2O.C3H7N.C2H6/c1-19(26)18-21-9-13-23(14-10-21)22-11-7-20(8-12-22)6-5-17-25-16-4-2-3-15-24;1-2-3-4;1-2/h2-5,7-8,11-12,15,17,21,23,25H,6,9-10,13-14,16,18,24H2,1H3;2-3H,4H2,1H3;1-2H3/b4-2-,15-3-,17-5-;3-2+;. The van der Waals surface area contributed by atoms with E-state index in [0.29, 0.717) is 17.6 Å². The lowest BCUT2D eigenvalue weighted by Gasteiger charge is -2.28. The number of carbonyl (C=O) groups excluding carboxylic acids is 1. The Kier molecular flexibility index (Phi) is 18.4. The summed E-state index contributed by atoms with van der Waals surface area (Å²) in [5.41, 5.74) is 12.9. The molecule has 1 fully saturated rings. The van der Waals surface area contributed by atoms with Crippen LogP contribution >= 0.6 is 0 Å². The Bertz CT molecular complexity index is 690. The smallest absolute Gasteiger partial charge is 0.130 e. The predicted molar refractivity (Wildman–Crippen MR) is 140 cm³/mol. The summed E-state index contributed by atoms with van der Waals surface area (Å²) in [6.07, 6.45) is 21.2. The second kappa shape index (κ2) is 20.2. The van der Waals surface area contributed by atoms with Gasteiger partial charge in [0, 0.05) is 13.0 Å². The molecule has 1 aromatic rings. The Morgan fingerprint density at radius 1 is 1.00 bits per heavy atom. The zero-order valence-corrected chi connectivity index (χ0v) is 20.6. The van der Waals surface area contributed by atoms with Crippen LogP contribution in [0.5, 0.6) is 0 Å². The van der Waals surface area contributed by atoms with Gasteiger partial charge in [0.2, 0.25) is 0 Å². The topological polar surface area (TPSA) is 81.1 Å². The molecule has 32 heavy (non-hydrogen) atoms. The summed E-state index contributed by atoms with van der Waals surface area (Å²) in [6, 6.07) is 9.06. The first-order valence-electron chi connectivity index (χ1n) is 11.9. The van der Waals surface area contributed by atoms with Crippen molar-refractivity contribution in [1.29, 1.82) is 0 Å². The lowest BCUT2D eigenvalue weighted by molar-refractivity contribution is -0.118. The van der Waals surface area contributed by atoms with Crippen molar-refractivity contribution in [3.63, 3.8) is 0 Å². The fourth-order valence-electron chi connectivity index (χ4n) is 3.66. The molecule has 1 aliphatic carbocycles. The number of hydrogen-bond acceptors (Lipinski definition) is 4. The molecule has 1 saturated carbocycles. The Hall–Kier alpha value is -2.75. The molecule has 178 valence electrons. The van der Waals surface area contributed by atoms with Gasteiger partial charge in [-0.15, -0.1) is 0 Å². The first-order chi connectivity index (χ1) is 15.6. The number of carbonyl (C=O) groups is 1. The van der Waals surface area contributed by atoms with Gasteiger partial charge in [-0.2, -0.15) is 0 Å². The number of hydrogen-bond donors (Lipinski definition) is 3. The minimum absolute atomic E-state index is 0.337. The zero-order chi connectivity index (χ0) is 24.0. The molecule has 4 heteroatoms. The number of rotatable bonds is 9. The average molecular weight is 440 g/mol. The number of Topliss-reactive ketones (excluding diaryl/α,β-unsaturated/α-hetero) is 1. The fraction of sp³-hybridized carbons (Fsp3) is 0.464. The lowest BCUT2D eigenvalue weighted by Crippen LogP contribution is -2.15. The zero-order valence-electron chi connectivity index (χ0n) is 20.6. The molecule has 2 rings (SSSR count). The van der Waals surface area contributed by atoms with Gasteiger partial charge in [-0.3, -0.25) is 0 Å².